The van der Waals surface area contributed by atoms with Crippen LogP contribution in [0.4, 0.5) is 0 Å². The zero-order valence-corrected chi connectivity index (χ0v) is 16.8. The number of hydrogen-bond acceptors (Lipinski definition) is 4. The summed E-state index contributed by atoms with van der Waals surface area (Å²) in [7, 11) is 0. The van der Waals surface area contributed by atoms with Crippen LogP contribution >= 0.6 is 0 Å². The molecule has 1 unspecified atom stereocenters. The molecule has 2 fully saturated rings. The molecule has 0 radical (unpaired) electrons. The van der Waals surface area contributed by atoms with E-state index in [1.165, 1.54) is 0 Å². The average Bonchev–Trinajstić information content (AvgIpc) is 3.17. The first-order chi connectivity index (χ1) is 14.5. The van der Waals surface area contributed by atoms with E-state index in [9.17, 15) is 14.7 Å². The van der Waals surface area contributed by atoms with Gasteiger partial charge in [0.1, 0.15) is 0 Å². The van der Waals surface area contributed by atoms with Crippen molar-refractivity contribution in [1.29, 1.82) is 5.26 Å². The monoisotopic (exact) mass is 403 g/mol. The molecule has 0 saturated carbocycles. The third-order valence-corrected chi connectivity index (χ3v) is 6.46. The molecule has 0 aromatic heterocycles. The molecule has 0 aliphatic carbocycles. The largest absolute Gasteiger partial charge is 0.394 e. The maximum absolute atomic E-state index is 13.0. The molecule has 6 heteroatoms. The third kappa shape index (κ3) is 3.81. The number of rotatable bonds is 3. The van der Waals surface area contributed by atoms with Gasteiger partial charge in [-0.2, -0.15) is 5.26 Å². The van der Waals surface area contributed by atoms with Crippen LogP contribution in [-0.4, -0.2) is 59.0 Å². The van der Waals surface area contributed by atoms with Crippen molar-refractivity contribution in [2.24, 2.45) is 5.41 Å². The van der Waals surface area contributed by atoms with Gasteiger partial charge >= 0.3 is 0 Å². The van der Waals surface area contributed by atoms with Gasteiger partial charge in [-0.05, 0) is 55.0 Å². The van der Waals surface area contributed by atoms with Crippen molar-refractivity contribution in [2.75, 3.05) is 26.2 Å². The molecule has 2 heterocycles. The van der Waals surface area contributed by atoms with Crippen LogP contribution in [-0.2, 0) is 0 Å². The highest BCUT2D eigenvalue weighted by molar-refractivity contribution is 5.95. The molecule has 1 atom stereocenters. The van der Waals surface area contributed by atoms with Gasteiger partial charge in [0.05, 0.1) is 24.3 Å². The minimum atomic E-state index is -0.188. The van der Waals surface area contributed by atoms with Gasteiger partial charge in [-0.25, -0.2) is 0 Å². The quantitative estimate of drug-likeness (QED) is 0.854. The number of benzene rings is 2. The van der Waals surface area contributed by atoms with E-state index >= 15 is 0 Å². The van der Waals surface area contributed by atoms with Gasteiger partial charge in [0, 0.05) is 30.8 Å². The van der Waals surface area contributed by atoms with Crippen LogP contribution in [0.15, 0.2) is 54.6 Å². The number of hydrogen-bond donors (Lipinski definition) is 1. The second kappa shape index (κ2) is 8.29. The Morgan fingerprint density at radius 2 is 1.73 bits per heavy atom. The molecule has 2 amide bonds. The summed E-state index contributed by atoms with van der Waals surface area (Å²) in [5.74, 6) is -0.103. The molecule has 2 aromatic rings. The third-order valence-electron chi connectivity index (χ3n) is 6.46. The van der Waals surface area contributed by atoms with Crippen molar-refractivity contribution < 1.29 is 14.7 Å². The van der Waals surface area contributed by atoms with Gasteiger partial charge in [-0.3, -0.25) is 9.59 Å². The van der Waals surface area contributed by atoms with E-state index in [0.717, 1.165) is 19.3 Å². The number of nitriles is 1. The SMILES string of the molecule is N#Cc1cccc(C(=O)N2CCC3(CC2)CC(CO)N(C(=O)c2ccccc2)C3)c1. The Kier molecular flexibility index (Phi) is 5.56. The van der Waals surface area contributed by atoms with Crippen LogP contribution in [0, 0.1) is 16.7 Å². The molecule has 1 N–H and O–H groups in total. The Labute approximate surface area is 176 Å². The number of likely N-dealkylation sites (tertiary alicyclic amines) is 2. The summed E-state index contributed by atoms with van der Waals surface area (Å²) in [5.41, 5.74) is 1.58. The first-order valence-corrected chi connectivity index (χ1v) is 10.3. The van der Waals surface area contributed by atoms with E-state index in [0.29, 0.717) is 36.3 Å². The Hall–Kier alpha value is -3.17. The molecule has 6 nitrogen and oxygen atoms in total. The lowest BCUT2D eigenvalue weighted by molar-refractivity contribution is 0.0559. The minimum absolute atomic E-state index is 0.0432. The first kappa shape index (κ1) is 20.1. The standard InChI is InChI=1S/C24H25N3O3/c25-15-18-5-4-8-20(13-18)22(29)26-11-9-24(10-12-26)14-21(16-28)27(17-24)23(30)19-6-2-1-3-7-19/h1-8,13,21,28H,9-12,14,16-17H2. The minimum Gasteiger partial charge on any atom is -0.394 e. The summed E-state index contributed by atoms with van der Waals surface area (Å²) >= 11 is 0. The van der Waals surface area contributed by atoms with Crippen LogP contribution in [0.5, 0.6) is 0 Å². The Morgan fingerprint density at radius 1 is 1.03 bits per heavy atom. The van der Waals surface area contributed by atoms with Crippen LogP contribution < -0.4 is 0 Å². The van der Waals surface area contributed by atoms with E-state index in [4.69, 9.17) is 5.26 Å². The molecule has 30 heavy (non-hydrogen) atoms. The van der Waals surface area contributed by atoms with E-state index < -0.39 is 0 Å². The summed E-state index contributed by atoms with van der Waals surface area (Å²) in [5, 5.41) is 19.0. The molecular weight excluding hydrogens is 378 g/mol. The lowest BCUT2D eigenvalue weighted by Gasteiger charge is -2.39. The molecule has 2 aliphatic rings. The van der Waals surface area contributed by atoms with Crippen LogP contribution in [0.3, 0.4) is 0 Å². The molecular formula is C24H25N3O3. The Bertz CT molecular complexity index is 975. The predicted molar refractivity (Wildman–Crippen MR) is 112 cm³/mol. The Balaban J connectivity index is 1.44. The van der Waals surface area contributed by atoms with Gasteiger partial charge < -0.3 is 14.9 Å². The van der Waals surface area contributed by atoms with Gasteiger partial charge in [0.25, 0.3) is 11.8 Å². The lowest BCUT2D eigenvalue weighted by Crippen LogP contribution is -2.44. The van der Waals surface area contributed by atoms with Crippen molar-refractivity contribution in [2.45, 2.75) is 25.3 Å². The highest BCUT2D eigenvalue weighted by Crippen LogP contribution is 2.44. The Morgan fingerprint density at radius 3 is 2.40 bits per heavy atom. The summed E-state index contributed by atoms with van der Waals surface area (Å²) in [6, 6.07) is 17.9. The van der Waals surface area contributed by atoms with E-state index in [1.54, 1.807) is 36.4 Å². The number of carbonyl (C=O) groups excluding carboxylic acids is 2. The molecule has 0 bridgehead atoms. The normalized spacial score (nSPS) is 20.2. The maximum Gasteiger partial charge on any atom is 0.254 e. The molecule has 2 aromatic carbocycles. The summed E-state index contributed by atoms with van der Waals surface area (Å²) < 4.78 is 0. The van der Waals surface area contributed by atoms with Crippen molar-refractivity contribution in [3.05, 3.63) is 71.3 Å². The maximum atomic E-state index is 13.0. The fraction of sp³-hybridized carbons (Fsp3) is 0.375. The van der Waals surface area contributed by atoms with Crippen LogP contribution in [0.1, 0.15) is 45.5 Å². The number of aliphatic hydroxyl groups is 1. The summed E-state index contributed by atoms with van der Waals surface area (Å²) in [6.45, 7) is 1.78. The molecule has 154 valence electrons. The molecule has 1 spiro atoms. The number of carbonyl (C=O) groups is 2. The van der Waals surface area contributed by atoms with Crippen molar-refractivity contribution >= 4 is 11.8 Å². The summed E-state index contributed by atoms with van der Waals surface area (Å²) in [4.78, 5) is 29.5. The highest BCUT2D eigenvalue weighted by atomic mass is 16.3. The number of aliphatic hydroxyl groups excluding tert-OH is 1. The predicted octanol–water partition coefficient (Wildman–Crippen LogP) is 2.69. The zero-order valence-electron chi connectivity index (χ0n) is 16.8. The number of amides is 2. The van der Waals surface area contributed by atoms with Crippen molar-refractivity contribution in [3.8, 4) is 6.07 Å². The van der Waals surface area contributed by atoms with Gasteiger partial charge in [0.15, 0.2) is 0 Å². The summed E-state index contributed by atoms with van der Waals surface area (Å²) in [6.07, 6.45) is 2.35. The van der Waals surface area contributed by atoms with E-state index in [1.807, 2.05) is 28.0 Å². The average molecular weight is 403 g/mol. The fourth-order valence-electron chi connectivity index (χ4n) is 4.76. The molecule has 4 rings (SSSR count). The lowest BCUT2D eigenvalue weighted by atomic mass is 9.76. The van der Waals surface area contributed by atoms with Gasteiger partial charge in [0.2, 0.25) is 0 Å². The highest BCUT2D eigenvalue weighted by Gasteiger charge is 2.47. The number of piperidine rings is 1. The van der Waals surface area contributed by atoms with E-state index in [-0.39, 0.29) is 29.9 Å². The van der Waals surface area contributed by atoms with Crippen molar-refractivity contribution in [3.63, 3.8) is 0 Å². The van der Waals surface area contributed by atoms with Crippen molar-refractivity contribution in [1.82, 2.24) is 9.80 Å². The van der Waals surface area contributed by atoms with Crippen LogP contribution in [0.25, 0.3) is 0 Å². The first-order valence-electron chi connectivity index (χ1n) is 10.3. The van der Waals surface area contributed by atoms with Crippen LogP contribution in [0.2, 0.25) is 0 Å². The smallest absolute Gasteiger partial charge is 0.254 e. The molecule has 2 aliphatic heterocycles. The second-order valence-electron chi connectivity index (χ2n) is 8.32. The fourth-order valence-corrected chi connectivity index (χ4v) is 4.76. The van der Waals surface area contributed by atoms with Gasteiger partial charge in [-0.15, -0.1) is 0 Å². The zero-order chi connectivity index (χ0) is 21.1. The van der Waals surface area contributed by atoms with Gasteiger partial charge in [-0.1, -0.05) is 24.3 Å². The topological polar surface area (TPSA) is 84.6 Å². The second-order valence-corrected chi connectivity index (χ2v) is 8.32. The molecule has 2 saturated heterocycles. The van der Waals surface area contributed by atoms with E-state index in [2.05, 4.69) is 6.07 Å². The number of nitrogens with zero attached hydrogens (tertiary/aromatic N) is 3.